The number of halogens is 3. The molecule has 1 aromatic carbocycles. The molecule has 12 heteroatoms. The van der Waals surface area contributed by atoms with Crippen molar-refractivity contribution in [3.8, 4) is 22.4 Å². The van der Waals surface area contributed by atoms with Crippen LogP contribution in [0.4, 0.5) is 30.5 Å². The van der Waals surface area contributed by atoms with Crippen LogP contribution in [-0.4, -0.2) is 39.0 Å². The Morgan fingerprint density at radius 3 is 2.45 bits per heavy atom. The zero-order valence-electron chi connectivity index (χ0n) is 21.5. The number of pyridine rings is 2. The molecule has 1 aliphatic rings. The van der Waals surface area contributed by atoms with Gasteiger partial charge in [-0.3, -0.25) is 9.59 Å². The predicted octanol–water partition coefficient (Wildman–Crippen LogP) is 5.57. The first-order chi connectivity index (χ1) is 19.1. The molecular weight excluding hydrogens is 523 g/mol. The lowest BCUT2D eigenvalue weighted by Crippen LogP contribution is -2.16. The molecule has 3 aromatic heterocycles. The van der Waals surface area contributed by atoms with E-state index in [1.807, 2.05) is 19.1 Å². The molecule has 0 atom stereocenters. The first kappa shape index (κ1) is 26.7. The Morgan fingerprint density at radius 2 is 1.73 bits per heavy atom. The van der Waals surface area contributed by atoms with Gasteiger partial charge in [0, 0.05) is 30.4 Å². The van der Waals surface area contributed by atoms with E-state index in [9.17, 15) is 22.8 Å². The Morgan fingerprint density at radius 1 is 0.950 bits per heavy atom. The fourth-order valence-electron chi connectivity index (χ4n) is 4.03. The molecule has 9 nitrogen and oxygen atoms in total. The van der Waals surface area contributed by atoms with Gasteiger partial charge >= 0.3 is 6.18 Å². The van der Waals surface area contributed by atoms with E-state index in [0.29, 0.717) is 35.3 Å². The van der Waals surface area contributed by atoms with E-state index in [0.717, 1.165) is 35.1 Å². The van der Waals surface area contributed by atoms with Crippen LogP contribution < -0.4 is 16.0 Å². The number of nitrogens with one attached hydrogen (secondary N) is 3. The van der Waals surface area contributed by atoms with Crippen molar-refractivity contribution in [3.63, 3.8) is 0 Å². The number of aromatic nitrogens is 4. The van der Waals surface area contributed by atoms with E-state index >= 15 is 0 Å². The van der Waals surface area contributed by atoms with E-state index < -0.39 is 23.3 Å². The minimum atomic E-state index is -4.65. The van der Waals surface area contributed by atoms with E-state index in [4.69, 9.17) is 0 Å². The van der Waals surface area contributed by atoms with Crippen LogP contribution in [0.3, 0.4) is 0 Å². The Hall–Kier alpha value is -4.87. The highest BCUT2D eigenvalue weighted by Crippen LogP contribution is 2.33. The van der Waals surface area contributed by atoms with Crippen molar-refractivity contribution in [3.05, 3.63) is 77.7 Å². The molecule has 3 heterocycles. The van der Waals surface area contributed by atoms with Crippen molar-refractivity contribution in [2.45, 2.75) is 25.9 Å². The number of carbonyl (C=O) groups excluding carboxylic acids is 2. The molecule has 0 radical (unpaired) electrons. The number of nitrogens with zero attached hydrogens (tertiary/aromatic N) is 4. The summed E-state index contributed by atoms with van der Waals surface area (Å²) in [6.07, 6.45) is -0.721. The average Bonchev–Trinajstić information content (AvgIpc) is 3.79. The fraction of sp³-hybridized carbons (Fsp3) is 0.214. The number of hydrogen-bond acceptors (Lipinski definition) is 7. The van der Waals surface area contributed by atoms with E-state index in [2.05, 4.69) is 36.1 Å². The maximum atomic E-state index is 13.0. The second-order valence-electron chi connectivity index (χ2n) is 9.38. The van der Waals surface area contributed by atoms with Gasteiger partial charge in [-0.1, -0.05) is 6.07 Å². The zero-order valence-corrected chi connectivity index (χ0v) is 21.5. The fourth-order valence-corrected chi connectivity index (χ4v) is 4.03. The molecule has 0 saturated heterocycles. The van der Waals surface area contributed by atoms with Gasteiger partial charge in [0.2, 0.25) is 5.91 Å². The molecular formula is C28H24F3N7O2. The average molecular weight is 548 g/mol. The molecule has 5 rings (SSSR count). The highest BCUT2D eigenvalue weighted by atomic mass is 19.4. The number of aryl methyl sites for hydroxylation is 1. The number of benzene rings is 1. The van der Waals surface area contributed by atoms with Crippen LogP contribution in [0.25, 0.3) is 22.4 Å². The highest BCUT2D eigenvalue weighted by molar-refractivity contribution is 6.03. The first-order valence-corrected chi connectivity index (χ1v) is 12.4. The van der Waals surface area contributed by atoms with Crippen LogP contribution in [0.2, 0.25) is 0 Å². The van der Waals surface area contributed by atoms with Crippen LogP contribution in [0.5, 0.6) is 0 Å². The third-order valence-electron chi connectivity index (χ3n) is 6.36. The van der Waals surface area contributed by atoms with E-state index in [-0.39, 0.29) is 11.8 Å². The highest BCUT2D eigenvalue weighted by Gasteiger charge is 2.32. The molecule has 204 valence electrons. The van der Waals surface area contributed by atoms with Crippen LogP contribution in [-0.2, 0) is 11.0 Å². The topological polar surface area (TPSA) is 122 Å². The molecule has 3 N–H and O–H groups in total. The summed E-state index contributed by atoms with van der Waals surface area (Å²) in [7, 11) is 1.74. The first-order valence-electron chi connectivity index (χ1n) is 12.4. The molecule has 1 saturated carbocycles. The lowest BCUT2D eigenvalue weighted by molar-refractivity contribution is -0.138. The molecule has 0 aliphatic heterocycles. The number of anilines is 3. The summed E-state index contributed by atoms with van der Waals surface area (Å²) in [6, 6.07) is 13.1. The van der Waals surface area contributed by atoms with Gasteiger partial charge in [0.1, 0.15) is 11.6 Å². The Kier molecular flexibility index (Phi) is 7.16. The van der Waals surface area contributed by atoms with Crippen LogP contribution >= 0.6 is 0 Å². The molecule has 4 aromatic rings. The van der Waals surface area contributed by atoms with Crippen molar-refractivity contribution in [1.29, 1.82) is 0 Å². The third-order valence-corrected chi connectivity index (χ3v) is 6.36. The zero-order chi connectivity index (χ0) is 28.4. The van der Waals surface area contributed by atoms with Crippen LogP contribution in [0.1, 0.15) is 34.5 Å². The Labute approximate surface area is 227 Å². The van der Waals surface area contributed by atoms with Gasteiger partial charge < -0.3 is 16.0 Å². The summed E-state index contributed by atoms with van der Waals surface area (Å²) in [5, 5.41) is 15.3. The van der Waals surface area contributed by atoms with Crippen LogP contribution in [0.15, 0.2) is 60.9 Å². The summed E-state index contributed by atoms with van der Waals surface area (Å²) in [5.74, 6) is 0.191. The summed E-state index contributed by atoms with van der Waals surface area (Å²) in [4.78, 5) is 33.8. The minimum absolute atomic E-state index is 0.0409. The largest absolute Gasteiger partial charge is 0.418 e. The second kappa shape index (κ2) is 10.7. The molecule has 0 unspecified atom stereocenters. The molecule has 0 bridgehead atoms. The van der Waals surface area contributed by atoms with Gasteiger partial charge in [0.05, 0.1) is 17.5 Å². The number of amides is 2. The maximum absolute atomic E-state index is 13.0. The summed E-state index contributed by atoms with van der Waals surface area (Å²) < 4.78 is 39.1. The van der Waals surface area contributed by atoms with Crippen LogP contribution in [0, 0.1) is 12.8 Å². The Bertz CT molecular complexity index is 1600. The normalized spacial score (nSPS) is 13.0. The number of carbonyl (C=O) groups is 2. The van der Waals surface area contributed by atoms with Gasteiger partial charge in [-0.25, -0.2) is 9.97 Å². The van der Waals surface area contributed by atoms with E-state index in [1.54, 1.807) is 43.6 Å². The summed E-state index contributed by atoms with van der Waals surface area (Å²) in [5.41, 5.74) is 2.65. The van der Waals surface area contributed by atoms with Crippen molar-refractivity contribution < 1.29 is 22.8 Å². The van der Waals surface area contributed by atoms with Crippen molar-refractivity contribution in [2.24, 2.45) is 5.92 Å². The maximum Gasteiger partial charge on any atom is 0.418 e. The molecule has 0 spiro atoms. The number of alkyl halides is 3. The third kappa shape index (κ3) is 6.06. The molecule has 2 amide bonds. The lowest BCUT2D eigenvalue weighted by atomic mass is 9.98. The van der Waals surface area contributed by atoms with Crippen molar-refractivity contribution in [1.82, 2.24) is 20.2 Å². The molecule has 40 heavy (non-hydrogen) atoms. The van der Waals surface area contributed by atoms with Gasteiger partial charge in [-0.05, 0) is 78.9 Å². The van der Waals surface area contributed by atoms with Gasteiger partial charge in [-0.2, -0.15) is 18.3 Å². The molecule has 1 aliphatic carbocycles. The van der Waals surface area contributed by atoms with Crippen molar-refractivity contribution in [2.75, 3.05) is 23.0 Å². The number of rotatable bonds is 7. The van der Waals surface area contributed by atoms with E-state index in [1.165, 1.54) is 0 Å². The van der Waals surface area contributed by atoms with Crippen molar-refractivity contribution >= 4 is 29.1 Å². The monoisotopic (exact) mass is 547 g/mol. The Balaban J connectivity index is 1.44. The quantitative estimate of drug-likeness (QED) is 0.277. The predicted molar refractivity (Wildman–Crippen MR) is 144 cm³/mol. The number of hydrogen-bond donors (Lipinski definition) is 3. The second-order valence-corrected chi connectivity index (χ2v) is 9.38. The minimum Gasteiger partial charge on any atom is -0.373 e. The van der Waals surface area contributed by atoms with Gasteiger partial charge in [0.15, 0.2) is 5.69 Å². The SMILES string of the molecule is CNc1cc(-c2cc(NC(=O)c3cc(C(F)(F)F)cnn3)ccc2C)cc(-c2ccnc(NC(=O)C3CC3)c2)n1. The van der Waals surface area contributed by atoms with Gasteiger partial charge in [-0.15, -0.1) is 5.10 Å². The smallest absolute Gasteiger partial charge is 0.373 e. The standard InChI is InChI=1S/C28H24F3N7O2/c1-15-3-6-20(35-27(40)23-12-19(14-34-38-23)28(29,30)31)13-21(15)18-9-22(36-24(11-18)32-2)17-7-8-33-25(10-17)37-26(39)16-4-5-16/h3,6-14,16H,4-5H2,1-2H3,(H,32,36)(H,35,40)(H,33,37,39). The molecule has 1 fully saturated rings. The lowest BCUT2D eigenvalue weighted by Gasteiger charge is -2.14. The summed E-state index contributed by atoms with van der Waals surface area (Å²) in [6.45, 7) is 1.90. The summed E-state index contributed by atoms with van der Waals surface area (Å²) >= 11 is 0. The van der Waals surface area contributed by atoms with Gasteiger partial charge in [0.25, 0.3) is 5.91 Å².